The van der Waals surface area contributed by atoms with Gasteiger partial charge in [0.1, 0.15) is 5.82 Å². The first kappa shape index (κ1) is 14.9. The topological polar surface area (TPSA) is 85.1 Å². The minimum atomic E-state index is -3.45. The average molecular weight is 271 g/mol. The van der Waals surface area contributed by atoms with Gasteiger partial charge in [-0.2, -0.15) is 0 Å². The molecule has 18 heavy (non-hydrogen) atoms. The average Bonchev–Trinajstić information content (AvgIpc) is 2.28. The first-order valence-electron chi connectivity index (χ1n) is 6.13. The van der Waals surface area contributed by atoms with Crippen molar-refractivity contribution in [2.24, 2.45) is 5.92 Å². The largest absolute Gasteiger partial charge is 0.384 e. The molecule has 0 saturated heterocycles. The summed E-state index contributed by atoms with van der Waals surface area (Å²) in [6, 6.07) is 2.79. The molecule has 0 saturated carbocycles. The van der Waals surface area contributed by atoms with Crippen molar-refractivity contribution in [3.63, 3.8) is 0 Å². The molecule has 0 fully saturated rings. The normalized spacial score (nSPS) is 11.9. The van der Waals surface area contributed by atoms with Gasteiger partial charge in [0.05, 0.1) is 4.90 Å². The molecule has 1 aromatic rings. The second-order valence-electron chi connectivity index (χ2n) is 4.70. The third-order valence-corrected chi connectivity index (χ3v) is 4.02. The Morgan fingerprint density at radius 1 is 1.39 bits per heavy atom. The molecule has 6 heteroatoms. The third kappa shape index (κ3) is 5.01. The molecule has 0 radical (unpaired) electrons. The highest BCUT2D eigenvalue weighted by molar-refractivity contribution is 7.89. The molecule has 0 aliphatic heterocycles. The molecule has 0 amide bonds. The SMILES string of the molecule is CC(C)CCCCNS(=O)(=O)c1ccnc(N)c1. The summed E-state index contributed by atoms with van der Waals surface area (Å²) >= 11 is 0. The standard InChI is InChI=1S/C12H21N3O2S/c1-10(2)5-3-4-7-15-18(16,17)11-6-8-14-12(13)9-11/h6,8-10,15H,3-5,7H2,1-2H3,(H2,13,14). The van der Waals surface area contributed by atoms with E-state index in [0.717, 1.165) is 19.3 Å². The molecule has 0 bridgehead atoms. The van der Waals surface area contributed by atoms with Gasteiger partial charge in [-0.1, -0.05) is 26.7 Å². The Labute approximate surface area is 109 Å². The first-order valence-corrected chi connectivity index (χ1v) is 7.61. The molecule has 5 nitrogen and oxygen atoms in total. The Balaban J connectivity index is 2.46. The number of nitrogens with one attached hydrogen (secondary N) is 1. The van der Waals surface area contributed by atoms with E-state index < -0.39 is 10.0 Å². The van der Waals surface area contributed by atoms with Crippen molar-refractivity contribution in [1.82, 2.24) is 9.71 Å². The van der Waals surface area contributed by atoms with E-state index in [9.17, 15) is 8.42 Å². The van der Waals surface area contributed by atoms with Crippen LogP contribution in [0.3, 0.4) is 0 Å². The monoisotopic (exact) mass is 271 g/mol. The van der Waals surface area contributed by atoms with Gasteiger partial charge >= 0.3 is 0 Å². The molecule has 0 aliphatic carbocycles. The Morgan fingerprint density at radius 2 is 2.11 bits per heavy atom. The van der Waals surface area contributed by atoms with Gasteiger partial charge in [-0.3, -0.25) is 0 Å². The van der Waals surface area contributed by atoms with Gasteiger partial charge in [-0.15, -0.1) is 0 Å². The van der Waals surface area contributed by atoms with E-state index in [4.69, 9.17) is 5.73 Å². The van der Waals surface area contributed by atoms with E-state index >= 15 is 0 Å². The predicted molar refractivity (Wildman–Crippen MR) is 72.5 cm³/mol. The van der Waals surface area contributed by atoms with Crippen LogP contribution in [0.2, 0.25) is 0 Å². The van der Waals surface area contributed by atoms with Crippen LogP contribution in [-0.2, 0) is 10.0 Å². The van der Waals surface area contributed by atoms with Gasteiger partial charge < -0.3 is 5.73 Å². The van der Waals surface area contributed by atoms with Gasteiger partial charge in [0.2, 0.25) is 10.0 Å². The van der Waals surface area contributed by atoms with Crippen molar-refractivity contribution in [2.45, 2.75) is 38.0 Å². The van der Waals surface area contributed by atoms with Crippen LogP contribution in [0.25, 0.3) is 0 Å². The van der Waals surface area contributed by atoms with Gasteiger partial charge in [-0.25, -0.2) is 18.1 Å². The van der Waals surface area contributed by atoms with Crippen LogP contribution in [0.4, 0.5) is 5.82 Å². The maximum atomic E-state index is 11.9. The highest BCUT2D eigenvalue weighted by Crippen LogP contribution is 2.10. The number of unbranched alkanes of at least 4 members (excludes halogenated alkanes) is 1. The van der Waals surface area contributed by atoms with Gasteiger partial charge in [0.25, 0.3) is 0 Å². The summed E-state index contributed by atoms with van der Waals surface area (Å²) in [4.78, 5) is 3.93. The number of hydrogen-bond donors (Lipinski definition) is 2. The Hall–Kier alpha value is -1.14. The van der Waals surface area contributed by atoms with Crippen molar-refractivity contribution in [1.29, 1.82) is 0 Å². The molecule has 0 aliphatic rings. The lowest BCUT2D eigenvalue weighted by Gasteiger charge is -2.07. The van der Waals surface area contributed by atoms with E-state index in [1.165, 1.54) is 18.3 Å². The summed E-state index contributed by atoms with van der Waals surface area (Å²) in [5.41, 5.74) is 5.46. The van der Waals surface area contributed by atoms with Crippen LogP contribution >= 0.6 is 0 Å². The lowest BCUT2D eigenvalue weighted by molar-refractivity contribution is 0.530. The fourth-order valence-corrected chi connectivity index (χ4v) is 2.66. The minimum Gasteiger partial charge on any atom is -0.384 e. The summed E-state index contributed by atoms with van der Waals surface area (Å²) in [5.74, 6) is 0.860. The number of pyridine rings is 1. The highest BCUT2D eigenvalue weighted by Gasteiger charge is 2.13. The zero-order chi connectivity index (χ0) is 13.6. The van der Waals surface area contributed by atoms with Crippen LogP contribution in [0.5, 0.6) is 0 Å². The fourth-order valence-electron chi connectivity index (χ4n) is 1.56. The van der Waals surface area contributed by atoms with E-state index in [-0.39, 0.29) is 10.7 Å². The lowest BCUT2D eigenvalue weighted by atomic mass is 10.1. The molecule has 0 atom stereocenters. The van der Waals surface area contributed by atoms with E-state index in [1.54, 1.807) is 0 Å². The number of nitrogen functional groups attached to an aromatic ring is 1. The molecule has 0 unspecified atom stereocenters. The third-order valence-electron chi connectivity index (χ3n) is 2.56. The first-order chi connectivity index (χ1) is 8.42. The lowest BCUT2D eigenvalue weighted by Crippen LogP contribution is -2.25. The van der Waals surface area contributed by atoms with E-state index in [2.05, 4.69) is 23.6 Å². The Kier molecular flexibility index (Phi) is 5.55. The van der Waals surface area contributed by atoms with Crippen molar-refractivity contribution in [3.8, 4) is 0 Å². The van der Waals surface area contributed by atoms with Crippen molar-refractivity contribution < 1.29 is 8.42 Å². The molecule has 1 aromatic heterocycles. The fraction of sp³-hybridized carbons (Fsp3) is 0.583. The summed E-state index contributed by atoms with van der Waals surface area (Å²) in [6.07, 6.45) is 4.38. The zero-order valence-electron chi connectivity index (χ0n) is 10.9. The second-order valence-corrected chi connectivity index (χ2v) is 6.47. The summed E-state index contributed by atoms with van der Waals surface area (Å²) < 4.78 is 26.3. The number of nitrogens with two attached hydrogens (primary N) is 1. The number of rotatable bonds is 7. The van der Waals surface area contributed by atoms with E-state index in [0.29, 0.717) is 12.5 Å². The number of nitrogens with zero attached hydrogens (tertiary/aromatic N) is 1. The maximum absolute atomic E-state index is 11.9. The number of aromatic nitrogens is 1. The van der Waals surface area contributed by atoms with Crippen LogP contribution in [0.1, 0.15) is 33.1 Å². The summed E-state index contributed by atoms with van der Waals surface area (Å²) in [6.45, 7) is 4.77. The molecule has 102 valence electrons. The highest BCUT2D eigenvalue weighted by atomic mass is 32.2. The molecule has 0 aromatic carbocycles. The van der Waals surface area contributed by atoms with Crippen molar-refractivity contribution in [2.75, 3.05) is 12.3 Å². The number of anilines is 1. The van der Waals surface area contributed by atoms with Gasteiger partial charge in [0, 0.05) is 18.8 Å². The minimum absolute atomic E-state index is 0.166. The number of hydrogen-bond acceptors (Lipinski definition) is 4. The van der Waals surface area contributed by atoms with Crippen LogP contribution < -0.4 is 10.5 Å². The summed E-state index contributed by atoms with van der Waals surface area (Å²) in [5, 5.41) is 0. The van der Waals surface area contributed by atoms with Crippen LogP contribution in [0.15, 0.2) is 23.2 Å². The Bertz CT molecular complexity index is 472. The van der Waals surface area contributed by atoms with Gasteiger partial charge in [0.15, 0.2) is 0 Å². The maximum Gasteiger partial charge on any atom is 0.240 e. The molecule has 1 rings (SSSR count). The smallest absolute Gasteiger partial charge is 0.240 e. The number of sulfonamides is 1. The molecular weight excluding hydrogens is 250 g/mol. The second kappa shape index (κ2) is 6.70. The van der Waals surface area contributed by atoms with Crippen LogP contribution in [0, 0.1) is 5.92 Å². The predicted octanol–water partition coefficient (Wildman–Crippen LogP) is 1.77. The summed E-state index contributed by atoms with van der Waals surface area (Å²) in [7, 11) is -3.45. The molecule has 0 spiro atoms. The van der Waals surface area contributed by atoms with Crippen LogP contribution in [-0.4, -0.2) is 19.9 Å². The van der Waals surface area contributed by atoms with E-state index in [1.807, 2.05) is 0 Å². The Morgan fingerprint density at radius 3 is 2.72 bits per heavy atom. The molecule has 1 heterocycles. The van der Waals surface area contributed by atoms with Crippen molar-refractivity contribution in [3.05, 3.63) is 18.3 Å². The zero-order valence-corrected chi connectivity index (χ0v) is 11.7. The molecular formula is C12H21N3O2S. The van der Waals surface area contributed by atoms with Gasteiger partial charge in [-0.05, 0) is 18.4 Å². The molecule has 3 N–H and O–H groups in total. The quantitative estimate of drug-likeness (QED) is 0.740. The van der Waals surface area contributed by atoms with Crippen molar-refractivity contribution >= 4 is 15.8 Å².